The summed E-state index contributed by atoms with van der Waals surface area (Å²) < 4.78 is 0.498. The average Bonchev–Trinajstić information content (AvgIpc) is 2.91. The van der Waals surface area contributed by atoms with E-state index in [1.807, 2.05) is 26.0 Å². The molecule has 1 fully saturated rings. The van der Waals surface area contributed by atoms with Gasteiger partial charge < -0.3 is 4.90 Å². The number of hydrogen-bond acceptors (Lipinski definition) is 8. The summed E-state index contributed by atoms with van der Waals surface area (Å²) in [6, 6.07) is 14.0. The fourth-order valence-electron chi connectivity index (χ4n) is 3.95. The van der Waals surface area contributed by atoms with Gasteiger partial charge in [-0.25, -0.2) is 15.4 Å². The zero-order chi connectivity index (χ0) is 26.4. The summed E-state index contributed by atoms with van der Waals surface area (Å²) in [7, 11) is 2.16. The van der Waals surface area contributed by atoms with Gasteiger partial charge in [0.05, 0.1) is 15.7 Å². The molecule has 0 atom stereocenters. The van der Waals surface area contributed by atoms with Gasteiger partial charge >= 0.3 is 0 Å². The van der Waals surface area contributed by atoms with E-state index in [-0.39, 0.29) is 23.5 Å². The van der Waals surface area contributed by atoms with Crippen LogP contribution in [0.2, 0.25) is 0 Å². The third-order valence-electron chi connectivity index (χ3n) is 6.16. The number of carbonyl (C=O) groups is 1. The molecule has 2 aromatic heterocycles. The van der Waals surface area contributed by atoms with Crippen molar-refractivity contribution in [2.75, 3.05) is 44.8 Å². The minimum absolute atomic E-state index is 0.0214. The maximum absolute atomic E-state index is 13.5. The van der Waals surface area contributed by atoms with Crippen molar-refractivity contribution in [1.82, 2.24) is 30.2 Å². The lowest BCUT2D eigenvalue weighted by Gasteiger charge is -2.32. The molecule has 0 saturated carbocycles. The Bertz CT molecular complexity index is 1250. The Hall–Kier alpha value is -3.23. The number of pyridine rings is 1. The number of piperazine rings is 1. The predicted molar refractivity (Wildman–Crippen MR) is 147 cm³/mol. The summed E-state index contributed by atoms with van der Waals surface area (Å²) in [5, 5.41) is 10.6. The lowest BCUT2D eigenvalue weighted by Crippen LogP contribution is -2.45. The van der Waals surface area contributed by atoms with Gasteiger partial charge in [0.25, 0.3) is 5.91 Å². The molecule has 192 valence electrons. The van der Waals surface area contributed by atoms with Gasteiger partial charge in [0.2, 0.25) is 5.82 Å². The van der Waals surface area contributed by atoms with E-state index in [1.165, 1.54) is 16.8 Å². The zero-order valence-electron chi connectivity index (χ0n) is 21.4. The first-order valence-corrected chi connectivity index (χ1v) is 13.1. The van der Waals surface area contributed by atoms with Crippen molar-refractivity contribution in [3.05, 3.63) is 70.2 Å². The first kappa shape index (κ1) is 26.8. The molecular formula is C27H31BrN8O. The molecule has 37 heavy (non-hydrogen) atoms. The Morgan fingerprint density at radius 3 is 2.46 bits per heavy atom. The number of halogens is 1. The van der Waals surface area contributed by atoms with E-state index in [0.717, 1.165) is 44.0 Å². The van der Waals surface area contributed by atoms with Crippen LogP contribution in [0.3, 0.4) is 0 Å². The van der Waals surface area contributed by atoms with Crippen LogP contribution in [0, 0.1) is 17.2 Å². The van der Waals surface area contributed by atoms with Crippen LogP contribution in [-0.4, -0.2) is 70.4 Å². The minimum Gasteiger partial charge on any atom is -0.304 e. The number of rotatable bonds is 8. The molecule has 4 rings (SSSR count). The monoisotopic (exact) mass is 562 g/mol. The second-order valence-corrected chi connectivity index (χ2v) is 10.4. The molecule has 0 unspecified atom stereocenters. The third-order valence-corrected chi connectivity index (χ3v) is 6.72. The highest BCUT2D eigenvalue weighted by molar-refractivity contribution is 9.10. The SMILES string of the molecule is CC(C)CNN(C(=O)c1ccc(-c2ccc(CN3CCN(C)CC3)cc2)nc1)c1nc(C#N)ncc1Br. The number of likely N-dealkylation sites (N-methyl/N-ethyl adjacent to an activating group) is 1. The highest BCUT2D eigenvalue weighted by atomic mass is 79.9. The number of benzene rings is 1. The van der Waals surface area contributed by atoms with Gasteiger partial charge in [0.1, 0.15) is 6.07 Å². The van der Waals surface area contributed by atoms with Crippen LogP contribution in [0.1, 0.15) is 35.6 Å². The Kier molecular flexibility index (Phi) is 8.95. The van der Waals surface area contributed by atoms with Gasteiger partial charge in [-0.3, -0.25) is 14.7 Å². The first-order valence-electron chi connectivity index (χ1n) is 12.3. The highest BCUT2D eigenvalue weighted by Gasteiger charge is 2.23. The molecule has 0 aliphatic carbocycles. The number of nitriles is 1. The molecule has 1 saturated heterocycles. The van der Waals surface area contributed by atoms with Gasteiger partial charge in [0, 0.05) is 57.2 Å². The van der Waals surface area contributed by atoms with Crippen molar-refractivity contribution in [3.63, 3.8) is 0 Å². The molecule has 9 nitrogen and oxygen atoms in total. The van der Waals surface area contributed by atoms with Crippen molar-refractivity contribution in [2.45, 2.75) is 20.4 Å². The molecule has 0 radical (unpaired) electrons. The topological polar surface area (TPSA) is 101 Å². The molecule has 1 N–H and O–H groups in total. The largest absolute Gasteiger partial charge is 0.304 e. The highest BCUT2D eigenvalue weighted by Crippen LogP contribution is 2.24. The zero-order valence-corrected chi connectivity index (χ0v) is 22.9. The summed E-state index contributed by atoms with van der Waals surface area (Å²) in [5.41, 5.74) is 6.59. The third kappa shape index (κ3) is 6.96. The number of nitrogens with one attached hydrogen (secondary N) is 1. The van der Waals surface area contributed by atoms with Crippen molar-refractivity contribution in [2.24, 2.45) is 5.92 Å². The number of carbonyl (C=O) groups excluding carboxylic acids is 1. The Morgan fingerprint density at radius 2 is 1.84 bits per heavy atom. The normalized spacial score (nSPS) is 14.5. The maximum Gasteiger partial charge on any atom is 0.275 e. The first-order chi connectivity index (χ1) is 17.8. The van der Waals surface area contributed by atoms with Gasteiger partial charge in [-0.15, -0.1) is 0 Å². The maximum atomic E-state index is 13.5. The van der Waals surface area contributed by atoms with E-state index in [1.54, 1.807) is 12.3 Å². The second-order valence-electron chi connectivity index (χ2n) is 9.58. The second kappa shape index (κ2) is 12.3. The fourth-order valence-corrected chi connectivity index (χ4v) is 4.32. The molecule has 1 aromatic carbocycles. The molecule has 3 aromatic rings. The van der Waals surface area contributed by atoms with Crippen LogP contribution in [0.5, 0.6) is 0 Å². The van der Waals surface area contributed by atoms with Crippen LogP contribution < -0.4 is 10.4 Å². The van der Waals surface area contributed by atoms with Crippen molar-refractivity contribution < 1.29 is 4.79 Å². The summed E-state index contributed by atoms with van der Waals surface area (Å²) >= 11 is 3.40. The van der Waals surface area contributed by atoms with E-state index >= 15 is 0 Å². The molecule has 1 aliphatic heterocycles. The van der Waals surface area contributed by atoms with E-state index in [0.29, 0.717) is 16.6 Å². The van der Waals surface area contributed by atoms with Crippen LogP contribution >= 0.6 is 15.9 Å². The number of amides is 1. The standard InChI is InChI=1S/C27H31BrN8O/c1-19(2)15-32-36(26-23(28)17-31-25(14-29)33-26)27(37)22-8-9-24(30-16-22)21-6-4-20(5-7-21)18-35-12-10-34(3)11-13-35/h4-9,16-17,19,32H,10-13,15,18H2,1-3H3. The molecule has 1 amide bonds. The Morgan fingerprint density at radius 1 is 1.11 bits per heavy atom. The summed E-state index contributed by atoms with van der Waals surface area (Å²) in [5.74, 6) is 0.209. The van der Waals surface area contributed by atoms with Gasteiger partial charge in [-0.2, -0.15) is 10.2 Å². The predicted octanol–water partition coefficient (Wildman–Crippen LogP) is 3.73. The number of aromatic nitrogens is 3. The number of hydrogen-bond donors (Lipinski definition) is 1. The van der Waals surface area contributed by atoms with E-state index < -0.39 is 0 Å². The molecule has 3 heterocycles. The summed E-state index contributed by atoms with van der Waals surface area (Å²) in [4.78, 5) is 31.0. The van der Waals surface area contributed by atoms with Crippen LogP contribution in [0.25, 0.3) is 11.3 Å². The molecule has 10 heteroatoms. The van der Waals surface area contributed by atoms with E-state index in [9.17, 15) is 10.1 Å². The minimum atomic E-state index is -0.328. The number of anilines is 1. The lowest BCUT2D eigenvalue weighted by atomic mass is 10.1. The Labute approximate surface area is 226 Å². The molecule has 0 spiro atoms. The van der Waals surface area contributed by atoms with Crippen LogP contribution in [0.4, 0.5) is 5.82 Å². The Balaban J connectivity index is 1.49. The number of nitrogens with zero attached hydrogens (tertiary/aromatic N) is 7. The van der Waals surface area contributed by atoms with Crippen molar-refractivity contribution in [3.8, 4) is 17.3 Å². The van der Waals surface area contributed by atoms with Crippen molar-refractivity contribution in [1.29, 1.82) is 5.26 Å². The van der Waals surface area contributed by atoms with E-state index in [2.05, 4.69) is 77.4 Å². The molecular weight excluding hydrogens is 532 g/mol. The quantitative estimate of drug-likeness (QED) is 0.414. The molecule has 1 aliphatic rings. The van der Waals surface area contributed by atoms with Crippen molar-refractivity contribution >= 4 is 27.7 Å². The van der Waals surface area contributed by atoms with Gasteiger partial charge in [0.15, 0.2) is 5.82 Å². The molecule has 0 bridgehead atoms. The van der Waals surface area contributed by atoms with E-state index in [4.69, 9.17) is 0 Å². The summed E-state index contributed by atoms with van der Waals surface area (Å²) in [6.07, 6.45) is 3.03. The van der Waals surface area contributed by atoms with Gasteiger partial charge in [-0.1, -0.05) is 38.1 Å². The summed E-state index contributed by atoms with van der Waals surface area (Å²) in [6.45, 7) is 9.94. The van der Waals surface area contributed by atoms with Gasteiger partial charge in [-0.05, 0) is 46.6 Å². The number of hydrazine groups is 1. The van der Waals surface area contributed by atoms with Crippen LogP contribution in [-0.2, 0) is 6.54 Å². The fraction of sp³-hybridized carbons (Fsp3) is 0.370. The lowest BCUT2D eigenvalue weighted by molar-refractivity contribution is 0.0971. The average molecular weight is 564 g/mol. The van der Waals surface area contributed by atoms with Crippen LogP contribution in [0.15, 0.2) is 53.3 Å². The smallest absolute Gasteiger partial charge is 0.275 e.